The second kappa shape index (κ2) is 7.15. The first-order valence-corrected chi connectivity index (χ1v) is 10.8. The lowest BCUT2D eigenvalue weighted by atomic mass is 10.6. The highest BCUT2D eigenvalue weighted by Gasteiger charge is 2.17. The SMILES string of the molecule is CCCSP(C)(=S)SC(C)OC(C)=O. The largest absolute Gasteiger partial charge is 0.451 e. The Morgan fingerprint density at radius 1 is 1.64 bits per heavy atom. The summed E-state index contributed by atoms with van der Waals surface area (Å²) in [5.41, 5.74) is -0.118. The van der Waals surface area contributed by atoms with Crippen molar-refractivity contribution in [1.82, 2.24) is 0 Å². The van der Waals surface area contributed by atoms with E-state index in [4.69, 9.17) is 16.5 Å². The zero-order chi connectivity index (χ0) is 11.2. The number of carbonyl (C=O) groups excluding carboxylic acids is 1. The maximum absolute atomic E-state index is 10.7. The first kappa shape index (κ1) is 14.8. The van der Waals surface area contributed by atoms with Crippen LogP contribution in [-0.2, 0) is 21.3 Å². The molecular weight excluding hydrogens is 255 g/mol. The van der Waals surface area contributed by atoms with Gasteiger partial charge in [0.2, 0.25) is 0 Å². The Morgan fingerprint density at radius 2 is 2.21 bits per heavy atom. The molecule has 2 nitrogen and oxygen atoms in total. The highest BCUT2D eigenvalue weighted by atomic mass is 33.2. The summed E-state index contributed by atoms with van der Waals surface area (Å²) < 4.78 is 3.61. The lowest BCUT2D eigenvalue weighted by Crippen LogP contribution is -2.07. The van der Waals surface area contributed by atoms with Crippen LogP contribution in [0.2, 0.25) is 0 Å². The Morgan fingerprint density at radius 3 is 2.64 bits per heavy atom. The topological polar surface area (TPSA) is 26.3 Å². The molecule has 0 aromatic rings. The summed E-state index contributed by atoms with van der Waals surface area (Å²) in [5, 5.41) is 0. The second-order valence-corrected chi connectivity index (χ2v) is 16.0. The van der Waals surface area contributed by atoms with Crippen molar-refractivity contribution in [3.63, 3.8) is 0 Å². The summed E-state index contributed by atoms with van der Waals surface area (Å²) >= 11 is 8.93. The first-order valence-electron chi connectivity index (χ1n) is 4.45. The second-order valence-electron chi connectivity index (χ2n) is 2.89. The molecule has 0 aromatic carbocycles. The predicted octanol–water partition coefficient (Wildman–Crippen LogP) is 3.71. The van der Waals surface area contributed by atoms with Crippen molar-refractivity contribution in [2.75, 3.05) is 12.4 Å². The van der Waals surface area contributed by atoms with Gasteiger partial charge in [0.1, 0.15) is 5.44 Å². The van der Waals surface area contributed by atoms with E-state index in [-0.39, 0.29) is 11.4 Å². The van der Waals surface area contributed by atoms with Gasteiger partial charge in [-0.25, -0.2) is 0 Å². The minimum atomic E-state index is -1.43. The number of esters is 1. The number of ether oxygens (including phenoxy) is 1. The van der Waals surface area contributed by atoms with Gasteiger partial charge in [0.25, 0.3) is 0 Å². The van der Waals surface area contributed by atoms with Gasteiger partial charge in [-0.3, -0.25) is 4.79 Å². The maximum atomic E-state index is 10.7. The van der Waals surface area contributed by atoms with Gasteiger partial charge in [-0.2, -0.15) is 0 Å². The zero-order valence-corrected chi connectivity index (χ0v) is 12.3. The zero-order valence-electron chi connectivity index (χ0n) is 8.98. The number of hydrogen-bond donors (Lipinski definition) is 0. The molecule has 2 unspecified atom stereocenters. The molecule has 6 heteroatoms. The van der Waals surface area contributed by atoms with Crippen LogP contribution >= 0.6 is 27.2 Å². The average Bonchev–Trinajstić information content (AvgIpc) is 1.98. The Bertz CT molecular complexity index is 233. The van der Waals surface area contributed by atoms with Crippen molar-refractivity contribution in [2.45, 2.75) is 32.6 Å². The van der Waals surface area contributed by atoms with Crippen LogP contribution in [-0.4, -0.2) is 23.8 Å². The van der Waals surface area contributed by atoms with E-state index in [1.807, 2.05) is 18.3 Å². The van der Waals surface area contributed by atoms with E-state index >= 15 is 0 Å². The molecule has 0 bridgehead atoms. The average molecular weight is 272 g/mol. The molecule has 0 amide bonds. The van der Waals surface area contributed by atoms with Gasteiger partial charge in [0.15, 0.2) is 0 Å². The highest BCUT2D eigenvalue weighted by molar-refractivity contribution is 9.00. The van der Waals surface area contributed by atoms with Crippen LogP contribution in [0.4, 0.5) is 0 Å². The van der Waals surface area contributed by atoms with Crippen molar-refractivity contribution in [3.8, 4) is 0 Å². The quantitative estimate of drug-likeness (QED) is 0.417. The molecule has 0 aliphatic rings. The summed E-state index contributed by atoms with van der Waals surface area (Å²) in [6.07, 6.45) is 1.14. The summed E-state index contributed by atoms with van der Waals surface area (Å²) in [4.78, 5) is 10.7. The number of rotatable bonds is 6. The predicted molar refractivity (Wildman–Crippen MR) is 71.8 cm³/mol. The van der Waals surface area contributed by atoms with Crippen LogP contribution < -0.4 is 0 Å². The Labute approximate surface area is 99.4 Å². The highest BCUT2D eigenvalue weighted by Crippen LogP contribution is 2.67. The lowest BCUT2D eigenvalue weighted by molar-refractivity contribution is -0.141. The van der Waals surface area contributed by atoms with Crippen molar-refractivity contribution >= 4 is 45.0 Å². The molecule has 0 radical (unpaired) electrons. The normalized spacial score (nSPS) is 17.1. The van der Waals surface area contributed by atoms with Crippen LogP contribution in [0.15, 0.2) is 0 Å². The standard InChI is InChI=1S/C8H17O2PS3/c1-5-6-13-11(4,12)14-8(3)10-7(2)9/h8H,5-6H2,1-4H3. The third-order valence-corrected chi connectivity index (χ3v) is 10.5. The number of hydrogen-bond acceptors (Lipinski definition) is 5. The molecule has 0 heterocycles. The monoisotopic (exact) mass is 272 g/mol. The minimum Gasteiger partial charge on any atom is -0.451 e. The van der Waals surface area contributed by atoms with Gasteiger partial charge in [0, 0.05) is 6.92 Å². The van der Waals surface area contributed by atoms with Crippen LogP contribution in [0.3, 0.4) is 0 Å². The molecule has 0 fully saturated rings. The van der Waals surface area contributed by atoms with E-state index in [9.17, 15) is 4.79 Å². The molecule has 2 atom stereocenters. The van der Waals surface area contributed by atoms with Crippen molar-refractivity contribution in [1.29, 1.82) is 0 Å². The van der Waals surface area contributed by atoms with E-state index in [2.05, 4.69) is 13.6 Å². The van der Waals surface area contributed by atoms with E-state index in [0.29, 0.717) is 0 Å². The van der Waals surface area contributed by atoms with Crippen LogP contribution in [0.25, 0.3) is 0 Å². The van der Waals surface area contributed by atoms with Crippen molar-refractivity contribution in [2.24, 2.45) is 0 Å². The first-order chi connectivity index (χ1) is 6.37. The molecule has 0 N–H and O–H groups in total. The molecule has 0 saturated carbocycles. The van der Waals surface area contributed by atoms with Crippen LogP contribution in [0.5, 0.6) is 0 Å². The lowest BCUT2D eigenvalue weighted by Gasteiger charge is -2.19. The van der Waals surface area contributed by atoms with Crippen LogP contribution in [0.1, 0.15) is 27.2 Å². The fourth-order valence-electron chi connectivity index (χ4n) is 0.812. The molecule has 0 spiro atoms. The van der Waals surface area contributed by atoms with Gasteiger partial charge >= 0.3 is 5.97 Å². The minimum absolute atomic E-state index is 0.118. The molecule has 0 aliphatic heterocycles. The van der Waals surface area contributed by atoms with Gasteiger partial charge in [0.05, 0.1) is 4.44 Å². The van der Waals surface area contributed by atoms with Gasteiger partial charge < -0.3 is 4.74 Å². The molecule has 84 valence electrons. The van der Waals surface area contributed by atoms with E-state index in [1.165, 1.54) is 6.92 Å². The van der Waals surface area contributed by atoms with Crippen molar-refractivity contribution < 1.29 is 9.53 Å². The van der Waals surface area contributed by atoms with Gasteiger partial charge in [-0.15, -0.1) is 11.4 Å². The van der Waals surface area contributed by atoms with E-state index in [0.717, 1.165) is 12.2 Å². The van der Waals surface area contributed by atoms with Gasteiger partial charge in [-0.1, -0.05) is 30.1 Å². The maximum Gasteiger partial charge on any atom is 0.303 e. The Kier molecular flexibility index (Phi) is 7.57. The van der Waals surface area contributed by atoms with Gasteiger partial charge in [-0.05, 0) is 25.8 Å². The number of carbonyl (C=O) groups is 1. The smallest absolute Gasteiger partial charge is 0.303 e. The molecule has 0 aliphatic carbocycles. The molecule has 14 heavy (non-hydrogen) atoms. The fourth-order valence-corrected chi connectivity index (χ4v) is 9.65. The van der Waals surface area contributed by atoms with Crippen molar-refractivity contribution in [3.05, 3.63) is 0 Å². The summed E-state index contributed by atoms with van der Waals surface area (Å²) in [6.45, 7) is 7.54. The summed E-state index contributed by atoms with van der Waals surface area (Å²) in [5.74, 6) is 0.855. The molecular formula is C8H17O2PS3. The summed E-state index contributed by atoms with van der Waals surface area (Å²) in [7, 11) is 0. The molecule has 0 saturated heterocycles. The third kappa shape index (κ3) is 8.16. The Balaban J connectivity index is 3.94. The molecule has 0 rings (SSSR count). The van der Waals surface area contributed by atoms with E-state index in [1.54, 1.807) is 11.4 Å². The fraction of sp³-hybridized carbons (Fsp3) is 0.875. The summed E-state index contributed by atoms with van der Waals surface area (Å²) in [6, 6.07) is 0. The molecule has 0 aromatic heterocycles. The van der Waals surface area contributed by atoms with E-state index < -0.39 is 4.44 Å². The Hall–Kier alpha value is 0.820. The third-order valence-electron chi connectivity index (χ3n) is 1.20. The van der Waals surface area contributed by atoms with Crippen LogP contribution in [0, 0.1) is 0 Å².